The van der Waals surface area contributed by atoms with Crippen molar-refractivity contribution in [3.63, 3.8) is 0 Å². The highest BCUT2D eigenvalue weighted by molar-refractivity contribution is 14.1. The number of carbonyl (C=O) groups excluding carboxylic acids is 1. The molecule has 1 aromatic heterocycles. The lowest BCUT2D eigenvalue weighted by Gasteiger charge is -2.24. The van der Waals surface area contributed by atoms with E-state index in [0.717, 1.165) is 14.7 Å². The van der Waals surface area contributed by atoms with Gasteiger partial charge in [0.1, 0.15) is 5.75 Å². The summed E-state index contributed by atoms with van der Waals surface area (Å²) >= 11 is 3.56. The number of thiazole rings is 1. The molecule has 0 aliphatic carbocycles. The van der Waals surface area contributed by atoms with Crippen LogP contribution in [0, 0.1) is 3.57 Å². The smallest absolute Gasteiger partial charge is 0.338 e. The first-order valence-corrected chi connectivity index (χ1v) is 11.9. The molecule has 2 aromatic carbocycles. The average Bonchev–Trinajstić information content (AvgIpc) is 3.09. The van der Waals surface area contributed by atoms with Crippen molar-refractivity contribution in [2.75, 3.05) is 13.7 Å². The minimum Gasteiger partial charge on any atom is -0.497 e. The van der Waals surface area contributed by atoms with E-state index in [2.05, 4.69) is 27.6 Å². The molecule has 6 nitrogen and oxygen atoms in total. The number of ether oxygens (including phenoxy) is 2. The number of aromatic nitrogens is 1. The summed E-state index contributed by atoms with van der Waals surface area (Å²) in [6.07, 6.45) is 1.86. The van der Waals surface area contributed by atoms with Crippen molar-refractivity contribution in [3.05, 3.63) is 94.2 Å². The van der Waals surface area contributed by atoms with Crippen molar-refractivity contribution in [3.8, 4) is 5.75 Å². The van der Waals surface area contributed by atoms with Crippen LogP contribution >= 0.6 is 33.9 Å². The van der Waals surface area contributed by atoms with Crippen molar-refractivity contribution < 1.29 is 14.3 Å². The Kier molecular flexibility index (Phi) is 6.61. The first-order valence-electron chi connectivity index (χ1n) is 10.0. The quantitative estimate of drug-likeness (QED) is 0.355. The van der Waals surface area contributed by atoms with E-state index in [4.69, 9.17) is 9.47 Å². The molecule has 0 saturated heterocycles. The molecular weight excluding hydrogens is 539 g/mol. The summed E-state index contributed by atoms with van der Waals surface area (Å²) in [6, 6.07) is 14.6. The van der Waals surface area contributed by atoms with E-state index in [-0.39, 0.29) is 12.2 Å². The molecule has 8 heteroatoms. The van der Waals surface area contributed by atoms with Crippen molar-refractivity contribution >= 4 is 46.0 Å². The predicted octanol–water partition coefficient (Wildman–Crippen LogP) is 3.41. The lowest BCUT2D eigenvalue weighted by molar-refractivity contribution is -0.139. The summed E-state index contributed by atoms with van der Waals surface area (Å²) in [4.78, 5) is 31.5. The molecule has 32 heavy (non-hydrogen) atoms. The third-order valence-corrected chi connectivity index (χ3v) is 6.82. The van der Waals surface area contributed by atoms with Crippen LogP contribution in [0.2, 0.25) is 0 Å². The number of hydrogen-bond donors (Lipinski definition) is 0. The predicted molar refractivity (Wildman–Crippen MR) is 133 cm³/mol. The Balaban J connectivity index is 1.93. The third-order valence-electron chi connectivity index (χ3n) is 5.12. The Morgan fingerprint density at radius 3 is 2.50 bits per heavy atom. The van der Waals surface area contributed by atoms with Crippen LogP contribution in [0.5, 0.6) is 5.75 Å². The van der Waals surface area contributed by atoms with Gasteiger partial charge in [0.05, 0.1) is 35.6 Å². The SMILES string of the molecule is CCOC(=O)C1=C(C)N=c2sc(=Cc3ccc(I)cc3)c(=O)n2[C@H]1c1ccc(OC)cc1. The molecule has 0 bridgehead atoms. The lowest BCUT2D eigenvalue weighted by atomic mass is 9.96. The van der Waals surface area contributed by atoms with Crippen molar-refractivity contribution in [1.82, 2.24) is 4.57 Å². The molecule has 2 heterocycles. The molecule has 0 N–H and O–H groups in total. The zero-order valence-corrected chi connectivity index (χ0v) is 20.8. The number of nitrogens with zero attached hydrogens (tertiary/aromatic N) is 2. The molecular formula is C24H21IN2O4S. The van der Waals surface area contributed by atoms with Crippen LogP contribution in [0.3, 0.4) is 0 Å². The summed E-state index contributed by atoms with van der Waals surface area (Å²) in [6.45, 7) is 3.77. The van der Waals surface area contributed by atoms with Gasteiger partial charge in [0, 0.05) is 3.57 Å². The van der Waals surface area contributed by atoms with Crippen LogP contribution in [-0.2, 0) is 9.53 Å². The highest BCUT2D eigenvalue weighted by atomic mass is 127. The van der Waals surface area contributed by atoms with Gasteiger partial charge in [-0.05, 0) is 77.9 Å². The normalized spacial score (nSPS) is 15.9. The van der Waals surface area contributed by atoms with E-state index in [1.54, 1.807) is 25.5 Å². The molecule has 0 spiro atoms. The molecule has 0 amide bonds. The average molecular weight is 560 g/mol. The Morgan fingerprint density at radius 1 is 1.19 bits per heavy atom. The van der Waals surface area contributed by atoms with Crippen LogP contribution in [0.1, 0.15) is 31.0 Å². The number of esters is 1. The second kappa shape index (κ2) is 9.41. The van der Waals surface area contributed by atoms with Gasteiger partial charge in [-0.15, -0.1) is 0 Å². The number of benzene rings is 2. The zero-order valence-electron chi connectivity index (χ0n) is 17.8. The number of rotatable bonds is 5. The Bertz CT molecular complexity index is 1370. The molecule has 1 aliphatic rings. The monoisotopic (exact) mass is 560 g/mol. The Morgan fingerprint density at radius 2 is 1.88 bits per heavy atom. The summed E-state index contributed by atoms with van der Waals surface area (Å²) in [5, 5.41) is 0. The molecule has 3 aromatic rings. The maximum absolute atomic E-state index is 13.5. The summed E-state index contributed by atoms with van der Waals surface area (Å²) in [7, 11) is 1.59. The van der Waals surface area contributed by atoms with Crippen LogP contribution in [-0.4, -0.2) is 24.3 Å². The van der Waals surface area contributed by atoms with Gasteiger partial charge in [0.15, 0.2) is 4.80 Å². The first-order chi connectivity index (χ1) is 15.4. The largest absolute Gasteiger partial charge is 0.497 e. The summed E-state index contributed by atoms with van der Waals surface area (Å²) in [5.41, 5.74) is 2.43. The van der Waals surface area contributed by atoms with Gasteiger partial charge in [0.25, 0.3) is 5.56 Å². The highest BCUT2D eigenvalue weighted by Crippen LogP contribution is 2.31. The van der Waals surface area contributed by atoms with E-state index in [0.29, 0.717) is 26.4 Å². The van der Waals surface area contributed by atoms with Crippen LogP contribution < -0.4 is 19.6 Å². The second-order valence-electron chi connectivity index (χ2n) is 7.13. The molecule has 0 fully saturated rings. The van der Waals surface area contributed by atoms with Gasteiger partial charge in [-0.25, -0.2) is 9.79 Å². The van der Waals surface area contributed by atoms with Gasteiger partial charge in [0.2, 0.25) is 0 Å². The maximum Gasteiger partial charge on any atom is 0.338 e. The van der Waals surface area contributed by atoms with E-state index in [1.165, 1.54) is 11.3 Å². The van der Waals surface area contributed by atoms with Crippen molar-refractivity contribution in [1.29, 1.82) is 0 Å². The number of carbonyl (C=O) groups is 1. The van der Waals surface area contributed by atoms with Crippen molar-refractivity contribution in [2.45, 2.75) is 19.9 Å². The standard InChI is InChI=1S/C24H21IN2O4S/c1-4-31-23(29)20-14(2)26-24-27(21(20)16-7-11-18(30-3)12-8-16)22(28)19(32-24)13-15-5-9-17(25)10-6-15/h5-13,21H,4H2,1-3H3/t21-/m0/s1. The van der Waals surface area contributed by atoms with Gasteiger partial charge >= 0.3 is 5.97 Å². The minimum atomic E-state index is -0.630. The van der Waals surface area contributed by atoms with Gasteiger partial charge in [-0.2, -0.15) is 0 Å². The summed E-state index contributed by atoms with van der Waals surface area (Å²) < 4.78 is 13.8. The highest BCUT2D eigenvalue weighted by Gasteiger charge is 2.33. The molecule has 4 rings (SSSR count). The molecule has 0 radical (unpaired) electrons. The number of fused-ring (bicyclic) bond motifs is 1. The molecule has 1 atom stereocenters. The van der Waals surface area contributed by atoms with E-state index in [9.17, 15) is 9.59 Å². The zero-order chi connectivity index (χ0) is 22.8. The number of halogens is 1. The van der Waals surface area contributed by atoms with Crippen LogP contribution in [0.25, 0.3) is 6.08 Å². The summed E-state index contributed by atoms with van der Waals surface area (Å²) in [5.74, 6) is 0.222. The molecule has 0 saturated carbocycles. The fourth-order valence-electron chi connectivity index (χ4n) is 3.60. The van der Waals surface area contributed by atoms with E-state index >= 15 is 0 Å². The number of hydrogen-bond acceptors (Lipinski definition) is 6. The Labute approximate surface area is 202 Å². The lowest BCUT2D eigenvalue weighted by Crippen LogP contribution is -2.39. The van der Waals surface area contributed by atoms with Gasteiger partial charge < -0.3 is 9.47 Å². The van der Waals surface area contributed by atoms with E-state index in [1.807, 2.05) is 54.6 Å². The topological polar surface area (TPSA) is 69.9 Å². The molecule has 164 valence electrons. The third kappa shape index (κ3) is 4.29. The van der Waals surface area contributed by atoms with Crippen molar-refractivity contribution in [2.24, 2.45) is 4.99 Å². The van der Waals surface area contributed by atoms with Gasteiger partial charge in [-0.3, -0.25) is 9.36 Å². The molecule has 0 unspecified atom stereocenters. The van der Waals surface area contributed by atoms with Gasteiger partial charge in [-0.1, -0.05) is 35.6 Å². The van der Waals surface area contributed by atoms with Crippen LogP contribution in [0.4, 0.5) is 0 Å². The fraction of sp³-hybridized carbons (Fsp3) is 0.208. The second-order valence-corrected chi connectivity index (χ2v) is 9.38. The van der Waals surface area contributed by atoms with E-state index < -0.39 is 12.0 Å². The maximum atomic E-state index is 13.5. The number of allylic oxidation sites excluding steroid dienone is 1. The number of methoxy groups -OCH3 is 1. The first kappa shape index (κ1) is 22.5. The minimum absolute atomic E-state index is 0.192. The Hall–Kier alpha value is -2.72. The van der Waals surface area contributed by atoms with Crippen LogP contribution in [0.15, 0.2) is 69.6 Å². The fourth-order valence-corrected chi connectivity index (χ4v) is 5.01. The molecule has 1 aliphatic heterocycles.